The second-order valence-corrected chi connectivity index (χ2v) is 6.03. The Labute approximate surface area is 160 Å². The van der Waals surface area contributed by atoms with Crippen molar-refractivity contribution in [3.05, 3.63) is 53.3 Å². The highest BCUT2D eigenvalue weighted by atomic mass is 16.5. The van der Waals surface area contributed by atoms with E-state index in [0.717, 1.165) is 25.2 Å². The van der Waals surface area contributed by atoms with E-state index >= 15 is 0 Å². The molecule has 0 amide bonds. The van der Waals surface area contributed by atoms with Gasteiger partial charge in [-0.1, -0.05) is 24.3 Å². The minimum atomic E-state index is 0.246. The molecule has 0 unspecified atom stereocenters. The number of ether oxygens (including phenoxy) is 3. The zero-order valence-electron chi connectivity index (χ0n) is 15.9. The number of rotatable bonds is 12. The summed E-state index contributed by atoms with van der Waals surface area (Å²) in [5.41, 5.74) is 2.91. The van der Waals surface area contributed by atoms with E-state index < -0.39 is 0 Å². The molecule has 0 aliphatic heterocycles. The average Bonchev–Trinajstić information content (AvgIpc) is 2.70. The van der Waals surface area contributed by atoms with Crippen molar-refractivity contribution >= 4 is 0 Å². The summed E-state index contributed by atoms with van der Waals surface area (Å²) in [6.07, 6.45) is 1.85. The molecule has 0 spiro atoms. The highest BCUT2D eigenvalue weighted by Gasteiger charge is 2.07. The van der Waals surface area contributed by atoms with Crippen molar-refractivity contribution in [3.8, 4) is 12.1 Å². The van der Waals surface area contributed by atoms with Crippen molar-refractivity contribution in [2.24, 2.45) is 0 Å². The topological polar surface area (TPSA) is 80.5 Å². The molecule has 7 nitrogen and oxygen atoms in total. The molecule has 7 heteroatoms. The fraction of sp³-hybridized carbons (Fsp3) is 0.450. The number of hydrogen-bond acceptors (Lipinski definition) is 7. The van der Waals surface area contributed by atoms with Gasteiger partial charge in [0.15, 0.2) is 0 Å². The Hall–Kier alpha value is -2.53. The Bertz CT molecular complexity index is 708. The van der Waals surface area contributed by atoms with Gasteiger partial charge >= 0.3 is 6.01 Å². The molecule has 2 aromatic rings. The summed E-state index contributed by atoms with van der Waals surface area (Å²) in [5, 5.41) is 8.73. The fourth-order valence-electron chi connectivity index (χ4n) is 2.48. The molecular weight excluding hydrogens is 344 g/mol. The third-order valence-corrected chi connectivity index (χ3v) is 3.97. The molecule has 144 valence electrons. The predicted molar refractivity (Wildman–Crippen MR) is 101 cm³/mol. The maximum atomic E-state index is 8.73. The highest BCUT2D eigenvalue weighted by Crippen LogP contribution is 2.11. The summed E-state index contributed by atoms with van der Waals surface area (Å²) in [6, 6.07) is 12.3. The molecule has 0 bridgehead atoms. The number of nitriles is 1. The largest absolute Gasteiger partial charge is 0.459 e. The van der Waals surface area contributed by atoms with Crippen LogP contribution < -0.4 is 4.74 Å². The standard InChI is InChI=1S/C20H26N4O3/c1-25-13-11-24(12-14-26-2)15-17-3-5-18(6-4-17)16-27-20-22-10-8-19(23-20)7-9-21/h3-6,8,10H,7,11-16H2,1-2H3. The maximum Gasteiger partial charge on any atom is 0.316 e. The lowest BCUT2D eigenvalue weighted by molar-refractivity contribution is 0.110. The van der Waals surface area contributed by atoms with E-state index in [2.05, 4.69) is 33.1 Å². The number of methoxy groups -OCH3 is 2. The van der Waals surface area contributed by atoms with Crippen molar-refractivity contribution in [2.45, 2.75) is 19.6 Å². The predicted octanol–water partition coefficient (Wildman–Crippen LogP) is 2.22. The van der Waals surface area contributed by atoms with E-state index in [1.165, 1.54) is 5.56 Å². The van der Waals surface area contributed by atoms with Crippen molar-refractivity contribution < 1.29 is 14.2 Å². The van der Waals surface area contributed by atoms with Gasteiger partial charge in [-0.3, -0.25) is 4.90 Å². The first-order valence-corrected chi connectivity index (χ1v) is 8.85. The van der Waals surface area contributed by atoms with E-state index in [0.29, 0.717) is 25.5 Å². The molecule has 0 saturated heterocycles. The van der Waals surface area contributed by atoms with Crippen LogP contribution in [0.2, 0.25) is 0 Å². The maximum absolute atomic E-state index is 8.73. The van der Waals surface area contributed by atoms with E-state index in [4.69, 9.17) is 19.5 Å². The number of benzene rings is 1. The van der Waals surface area contributed by atoms with Gasteiger partial charge in [-0.25, -0.2) is 4.98 Å². The van der Waals surface area contributed by atoms with Gasteiger partial charge in [0.05, 0.1) is 31.4 Å². The van der Waals surface area contributed by atoms with E-state index in [1.54, 1.807) is 26.5 Å². The Morgan fingerprint density at radius 1 is 1.00 bits per heavy atom. The van der Waals surface area contributed by atoms with Gasteiger partial charge in [-0.2, -0.15) is 10.2 Å². The summed E-state index contributed by atoms with van der Waals surface area (Å²) in [7, 11) is 3.42. The van der Waals surface area contributed by atoms with Crippen molar-refractivity contribution in [1.82, 2.24) is 14.9 Å². The molecule has 0 atom stereocenters. The monoisotopic (exact) mass is 370 g/mol. The Balaban J connectivity index is 1.88. The molecule has 0 aliphatic carbocycles. The second kappa shape index (κ2) is 12.0. The van der Waals surface area contributed by atoms with Crippen molar-refractivity contribution in [1.29, 1.82) is 5.26 Å². The van der Waals surface area contributed by atoms with Crippen LogP contribution in [0.5, 0.6) is 6.01 Å². The lowest BCUT2D eigenvalue weighted by Gasteiger charge is -2.21. The van der Waals surface area contributed by atoms with E-state index in [-0.39, 0.29) is 12.4 Å². The van der Waals surface area contributed by atoms with Crippen LogP contribution in [-0.4, -0.2) is 55.4 Å². The van der Waals surface area contributed by atoms with Gasteiger partial charge in [-0.05, 0) is 17.2 Å². The first kappa shape index (κ1) is 20.8. The van der Waals surface area contributed by atoms with Crippen LogP contribution in [0.4, 0.5) is 0 Å². The molecule has 0 fully saturated rings. The van der Waals surface area contributed by atoms with Gasteiger partial charge in [0, 0.05) is 40.1 Å². The van der Waals surface area contributed by atoms with Gasteiger partial charge in [0.1, 0.15) is 6.61 Å². The zero-order valence-corrected chi connectivity index (χ0v) is 15.9. The Kier molecular flexibility index (Phi) is 9.21. The molecule has 27 heavy (non-hydrogen) atoms. The fourth-order valence-corrected chi connectivity index (χ4v) is 2.48. The van der Waals surface area contributed by atoms with Crippen LogP contribution in [0.3, 0.4) is 0 Å². The van der Waals surface area contributed by atoms with Crippen molar-refractivity contribution in [3.63, 3.8) is 0 Å². The first-order chi connectivity index (χ1) is 13.2. The highest BCUT2D eigenvalue weighted by molar-refractivity contribution is 5.22. The zero-order chi connectivity index (χ0) is 19.3. The van der Waals surface area contributed by atoms with Gasteiger partial charge < -0.3 is 14.2 Å². The Morgan fingerprint density at radius 3 is 2.30 bits per heavy atom. The molecular formula is C20H26N4O3. The molecule has 2 rings (SSSR count). The van der Waals surface area contributed by atoms with E-state index in [9.17, 15) is 0 Å². The third kappa shape index (κ3) is 7.71. The number of hydrogen-bond donors (Lipinski definition) is 0. The van der Waals surface area contributed by atoms with Crippen molar-refractivity contribution in [2.75, 3.05) is 40.5 Å². The quantitative estimate of drug-likeness (QED) is 0.567. The van der Waals surface area contributed by atoms with E-state index in [1.807, 2.05) is 12.1 Å². The normalized spacial score (nSPS) is 10.7. The second-order valence-electron chi connectivity index (χ2n) is 6.03. The SMILES string of the molecule is COCCN(CCOC)Cc1ccc(COc2nccc(CC#N)n2)cc1. The lowest BCUT2D eigenvalue weighted by Crippen LogP contribution is -2.30. The summed E-state index contributed by atoms with van der Waals surface area (Å²) in [6.45, 7) is 4.34. The molecule has 0 radical (unpaired) electrons. The summed E-state index contributed by atoms with van der Waals surface area (Å²) >= 11 is 0. The molecule has 1 heterocycles. The third-order valence-electron chi connectivity index (χ3n) is 3.97. The molecule has 0 N–H and O–H groups in total. The van der Waals surface area contributed by atoms with Crippen LogP contribution in [0.15, 0.2) is 36.5 Å². The average molecular weight is 370 g/mol. The summed E-state index contributed by atoms with van der Waals surface area (Å²) in [5.74, 6) is 0. The molecule has 1 aromatic heterocycles. The van der Waals surface area contributed by atoms with Gasteiger partial charge in [-0.15, -0.1) is 0 Å². The Morgan fingerprint density at radius 2 is 1.67 bits per heavy atom. The van der Waals surface area contributed by atoms with Crippen LogP contribution in [-0.2, 0) is 29.0 Å². The van der Waals surface area contributed by atoms with Gasteiger partial charge in [0.25, 0.3) is 0 Å². The van der Waals surface area contributed by atoms with Crippen LogP contribution in [0, 0.1) is 11.3 Å². The first-order valence-electron chi connectivity index (χ1n) is 8.85. The number of aromatic nitrogens is 2. The van der Waals surface area contributed by atoms with Gasteiger partial charge in [0.2, 0.25) is 0 Å². The summed E-state index contributed by atoms with van der Waals surface area (Å²) < 4.78 is 16.0. The van der Waals surface area contributed by atoms with Crippen LogP contribution in [0.25, 0.3) is 0 Å². The molecule has 1 aromatic carbocycles. The smallest absolute Gasteiger partial charge is 0.316 e. The number of nitrogens with zero attached hydrogens (tertiary/aromatic N) is 4. The summed E-state index contributed by atoms with van der Waals surface area (Å²) in [4.78, 5) is 10.6. The molecule has 0 saturated carbocycles. The minimum absolute atomic E-state index is 0.246. The lowest BCUT2D eigenvalue weighted by atomic mass is 10.1. The molecule has 0 aliphatic rings. The van der Waals surface area contributed by atoms with Crippen LogP contribution in [0.1, 0.15) is 16.8 Å². The minimum Gasteiger partial charge on any atom is -0.459 e. The van der Waals surface area contributed by atoms with Crippen LogP contribution >= 0.6 is 0 Å².